The summed E-state index contributed by atoms with van der Waals surface area (Å²) in [5.74, 6) is 0.891. The lowest BCUT2D eigenvalue weighted by Crippen LogP contribution is -2.09. The summed E-state index contributed by atoms with van der Waals surface area (Å²) in [7, 11) is 1.90. The molecule has 0 aliphatic heterocycles. The molecule has 0 aromatic carbocycles. The van der Waals surface area contributed by atoms with Crippen molar-refractivity contribution in [1.82, 2.24) is 15.5 Å². The number of hydrogen-bond acceptors (Lipinski definition) is 4. The summed E-state index contributed by atoms with van der Waals surface area (Å²) in [5.41, 5.74) is 0.976. The lowest BCUT2D eigenvalue weighted by molar-refractivity contribution is 0.767. The van der Waals surface area contributed by atoms with Crippen LogP contribution in [0.5, 0.6) is 0 Å². The van der Waals surface area contributed by atoms with Crippen LogP contribution in [0.15, 0.2) is 12.1 Å². The molecule has 0 saturated heterocycles. The first-order chi connectivity index (χ1) is 6.38. The van der Waals surface area contributed by atoms with E-state index in [1.807, 2.05) is 19.2 Å². The molecule has 1 aromatic heterocycles. The van der Waals surface area contributed by atoms with Gasteiger partial charge in [0.25, 0.3) is 0 Å². The SMILES string of the molecule is CNCc1ccc(NC2CC2)nn1. The maximum atomic E-state index is 4.08. The van der Waals surface area contributed by atoms with Crippen molar-refractivity contribution in [3.63, 3.8) is 0 Å². The molecule has 4 heteroatoms. The van der Waals surface area contributed by atoms with Gasteiger partial charge in [0.2, 0.25) is 0 Å². The van der Waals surface area contributed by atoms with E-state index in [9.17, 15) is 0 Å². The lowest BCUT2D eigenvalue weighted by Gasteiger charge is -2.02. The van der Waals surface area contributed by atoms with E-state index in [-0.39, 0.29) is 0 Å². The van der Waals surface area contributed by atoms with Gasteiger partial charge in [0.05, 0.1) is 5.69 Å². The van der Waals surface area contributed by atoms with Gasteiger partial charge in [0, 0.05) is 12.6 Å². The number of nitrogens with zero attached hydrogens (tertiary/aromatic N) is 2. The highest BCUT2D eigenvalue weighted by Crippen LogP contribution is 2.23. The highest BCUT2D eigenvalue weighted by atomic mass is 15.2. The topological polar surface area (TPSA) is 49.8 Å². The van der Waals surface area contributed by atoms with Crippen molar-refractivity contribution in [2.45, 2.75) is 25.4 Å². The number of hydrogen-bond donors (Lipinski definition) is 2. The van der Waals surface area contributed by atoms with E-state index in [2.05, 4.69) is 20.8 Å². The van der Waals surface area contributed by atoms with Crippen molar-refractivity contribution in [3.8, 4) is 0 Å². The molecule has 1 fully saturated rings. The van der Waals surface area contributed by atoms with Crippen molar-refractivity contribution < 1.29 is 0 Å². The molecule has 4 nitrogen and oxygen atoms in total. The Hall–Kier alpha value is -1.16. The third kappa shape index (κ3) is 2.39. The Morgan fingerprint density at radius 3 is 2.77 bits per heavy atom. The van der Waals surface area contributed by atoms with E-state index in [1.165, 1.54) is 12.8 Å². The van der Waals surface area contributed by atoms with E-state index >= 15 is 0 Å². The van der Waals surface area contributed by atoms with E-state index in [1.54, 1.807) is 0 Å². The van der Waals surface area contributed by atoms with Crippen LogP contribution in [0.3, 0.4) is 0 Å². The second-order valence-corrected chi connectivity index (χ2v) is 3.36. The van der Waals surface area contributed by atoms with Gasteiger partial charge in [0.1, 0.15) is 5.82 Å². The van der Waals surface area contributed by atoms with Crippen LogP contribution in [0.25, 0.3) is 0 Å². The van der Waals surface area contributed by atoms with Gasteiger partial charge in [-0.25, -0.2) is 0 Å². The van der Waals surface area contributed by atoms with Crippen LogP contribution in [-0.2, 0) is 6.54 Å². The van der Waals surface area contributed by atoms with Crippen LogP contribution in [0.1, 0.15) is 18.5 Å². The summed E-state index contributed by atoms with van der Waals surface area (Å²) in [5, 5.41) is 14.5. The first-order valence-electron chi connectivity index (χ1n) is 4.62. The van der Waals surface area contributed by atoms with Gasteiger partial charge in [-0.05, 0) is 32.0 Å². The second-order valence-electron chi connectivity index (χ2n) is 3.36. The third-order valence-electron chi connectivity index (χ3n) is 2.01. The average molecular weight is 178 g/mol. The Balaban J connectivity index is 1.95. The lowest BCUT2D eigenvalue weighted by atomic mass is 10.4. The predicted octanol–water partition coefficient (Wildman–Crippen LogP) is 0.770. The normalized spacial score (nSPS) is 15.8. The van der Waals surface area contributed by atoms with Crippen molar-refractivity contribution >= 4 is 5.82 Å². The van der Waals surface area contributed by atoms with E-state index in [4.69, 9.17) is 0 Å². The molecule has 0 radical (unpaired) electrons. The zero-order valence-corrected chi connectivity index (χ0v) is 7.75. The minimum absolute atomic E-state index is 0.643. The second kappa shape index (κ2) is 3.70. The quantitative estimate of drug-likeness (QED) is 0.715. The molecular formula is C9H14N4. The van der Waals surface area contributed by atoms with Crippen LogP contribution in [0.4, 0.5) is 5.82 Å². The minimum atomic E-state index is 0.643. The van der Waals surface area contributed by atoms with E-state index in [0.717, 1.165) is 18.1 Å². The standard InChI is InChI=1S/C9H14N4/c1-10-6-8-4-5-9(13-12-8)11-7-2-3-7/h4-5,7,10H,2-3,6H2,1H3,(H,11,13). The Morgan fingerprint density at radius 2 is 2.23 bits per heavy atom. The molecule has 1 aromatic rings. The van der Waals surface area contributed by atoms with Crippen molar-refractivity contribution in [2.24, 2.45) is 0 Å². The third-order valence-corrected chi connectivity index (χ3v) is 2.01. The number of rotatable bonds is 4. The zero-order chi connectivity index (χ0) is 9.10. The summed E-state index contributed by atoms with van der Waals surface area (Å²) in [4.78, 5) is 0. The summed E-state index contributed by atoms with van der Waals surface area (Å²) >= 11 is 0. The summed E-state index contributed by atoms with van der Waals surface area (Å²) < 4.78 is 0. The fourth-order valence-corrected chi connectivity index (χ4v) is 1.15. The van der Waals surface area contributed by atoms with Gasteiger partial charge < -0.3 is 10.6 Å². The molecule has 1 heterocycles. The molecule has 1 aliphatic rings. The smallest absolute Gasteiger partial charge is 0.148 e. The largest absolute Gasteiger partial charge is 0.366 e. The van der Waals surface area contributed by atoms with Crippen molar-refractivity contribution in [2.75, 3.05) is 12.4 Å². The molecule has 70 valence electrons. The van der Waals surface area contributed by atoms with Gasteiger partial charge in [0.15, 0.2) is 0 Å². The van der Waals surface area contributed by atoms with Crippen LogP contribution in [0, 0.1) is 0 Å². The fourth-order valence-electron chi connectivity index (χ4n) is 1.15. The molecule has 0 amide bonds. The Kier molecular flexibility index (Phi) is 2.40. The van der Waals surface area contributed by atoms with Gasteiger partial charge in [-0.2, -0.15) is 5.10 Å². The molecule has 0 unspecified atom stereocenters. The zero-order valence-electron chi connectivity index (χ0n) is 7.75. The molecule has 2 rings (SSSR count). The van der Waals surface area contributed by atoms with Gasteiger partial charge in [-0.1, -0.05) is 0 Å². The fraction of sp³-hybridized carbons (Fsp3) is 0.556. The number of aromatic nitrogens is 2. The van der Waals surface area contributed by atoms with E-state index in [0.29, 0.717) is 6.04 Å². The van der Waals surface area contributed by atoms with Crippen molar-refractivity contribution in [3.05, 3.63) is 17.8 Å². The van der Waals surface area contributed by atoms with Crippen LogP contribution in [0.2, 0.25) is 0 Å². The minimum Gasteiger partial charge on any atom is -0.366 e. The van der Waals surface area contributed by atoms with Crippen LogP contribution >= 0.6 is 0 Å². The first-order valence-corrected chi connectivity index (χ1v) is 4.62. The molecule has 0 bridgehead atoms. The average Bonchev–Trinajstić information content (AvgIpc) is 2.93. The van der Waals surface area contributed by atoms with Gasteiger partial charge in [-0.3, -0.25) is 0 Å². The summed E-state index contributed by atoms with van der Waals surface area (Å²) in [6.45, 7) is 0.775. The van der Waals surface area contributed by atoms with Crippen LogP contribution < -0.4 is 10.6 Å². The summed E-state index contributed by atoms with van der Waals surface area (Å²) in [6, 6.07) is 4.62. The molecular weight excluding hydrogens is 164 g/mol. The molecule has 13 heavy (non-hydrogen) atoms. The number of nitrogens with one attached hydrogen (secondary N) is 2. The molecule has 1 saturated carbocycles. The highest BCUT2D eigenvalue weighted by Gasteiger charge is 2.21. The van der Waals surface area contributed by atoms with E-state index < -0.39 is 0 Å². The number of anilines is 1. The Bertz CT molecular complexity index is 265. The Morgan fingerprint density at radius 1 is 1.38 bits per heavy atom. The van der Waals surface area contributed by atoms with Gasteiger partial charge >= 0.3 is 0 Å². The van der Waals surface area contributed by atoms with Crippen molar-refractivity contribution in [1.29, 1.82) is 0 Å². The maximum absolute atomic E-state index is 4.08. The highest BCUT2D eigenvalue weighted by molar-refractivity contribution is 5.35. The summed E-state index contributed by atoms with van der Waals surface area (Å²) in [6.07, 6.45) is 2.53. The molecule has 0 spiro atoms. The molecule has 0 atom stereocenters. The molecule has 2 N–H and O–H groups in total. The molecule has 1 aliphatic carbocycles. The van der Waals surface area contributed by atoms with Crippen LogP contribution in [-0.4, -0.2) is 23.3 Å². The predicted molar refractivity (Wildman–Crippen MR) is 51.4 cm³/mol. The Labute approximate surface area is 77.8 Å². The van der Waals surface area contributed by atoms with Gasteiger partial charge in [-0.15, -0.1) is 5.10 Å². The first kappa shape index (κ1) is 8.44. The monoisotopic (exact) mass is 178 g/mol. The maximum Gasteiger partial charge on any atom is 0.148 e.